The van der Waals surface area contributed by atoms with Crippen molar-refractivity contribution in [3.63, 3.8) is 0 Å². The number of amides is 1. The summed E-state index contributed by atoms with van der Waals surface area (Å²) in [5.74, 6) is 2.46. The Hall–Kier alpha value is -2.25. The Morgan fingerprint density at radius 1 is 1.19 bits per heavy atom. The van der Waals surface area contributed by atoms with E-state index in [9.17, 15) is 4.79 Å². The number of hydrogen-bond donors (Lipinski definition) is 1. The first-order valence-electron chi connectivity index (χ1n) is 8.10. The predicted octanol–water partition coefficient (Wildman–Crippen LogP) is 5.11. The molecule has 0 fully saturated rings. The van der Waals surface area contributed by atoms with Gasteiger partial charge in [-0.05, 0) is 56.4 Å². The van der Waals surface area contributed by atoms with Crippen LogP contribution in [0.15, 0.2) is 44.1 Å². The monoisotopic (exact) mass is 391 g/mol. The van der Waals surface area contributed by atoms with Gasteiger partial charge in [-0.3, -0.25) is 10.1 Å². The van der Waals surface area contributed by atoms with Crippen LogP contribution < -0.4 is 5.32 Å². The number of hydrogen-bond acceptors (Lipinski definition) is 6. The molecule has 0 unspecified atom stereocenters. The van der Waals surface area contributed by atoms with Crippen molar-refractivity contribution in [1.82, 2.24) is 10.2 Å². The number of halogens is 1. The predicted molar refractivity (Wildman–Crippen MR) is 102 cm³/mol. The van der Waals surface area contributed by atoms with Gasteiger partial charge in [0.25, 0.3) is 5.89 Å². The fourth-order valence-electron chi connectivity index (χ4n) is 2.36. The summed E-state index contributed by atoms with van der Waals surface area (Å²) >= 11 is 7.54. The fourth-order valence-corrected chi connectivity index (χ4v) is 3.34. The lowest BCUT2D eigenvalue weighted by Gasteiger charge is -2.02. The molecule has 136 valence electrons. The van der Waals surface area contributed by atoms with E-state index >= 15 is 0 Å². The molecule has 0 aliphatic rings. The van der Waals surface area contributed by atoms with Gasteiger partial charge in [-0.25, -0.2) is 0 Å². The van der Waals surface area contributed by atoms with E-state index in [1.165, 1.54) is 0 Å². The van der Waals surface area contributed by atoms with Crippen molar-refractivity contribution in [3.05, 3.63) is 46.9 Å². The minimum absolute atomic E-state index is 0.0913. The van der Waals surface area contributed by atoms with Crippen LogP contribution in [0.4, 0.5) is 6.01 Å². The minimum Gasteiger partial charge on any atom is -0.466 e. The Balaban J connectivity index is 1.45. The SMILES string of the molecule is Cc1cc(-c2nnc(NC(=O)CCCSc3ccc(Cl)cc3)o2)c(C)o1. The van der Waals surface area contributed by atoms with Gasteiger partial charge in [-0.15, -0.1) is 16.9 Å². The molecule has 3 rings (SSSR count). The molecule has 2 heterocycles. The van der Waals surface area contributed by atoms with E-state index < -0.39 is 0 Å². The van der Waals surface area contributed by atoms with Crippen molar-refractivity contribution >= 4 is 35.3 Å². The first-order valence-corrected chi connectivity index (χ1v) is 9.47. The van der Waals surface area contributed by atoms with Crippen molar-refractivity contribution in [2.75, 3.05) is 11.1 Å². The maximum absolute atomic E-state index is 12.0. The molecule has 0 aliphatic carbocycles. The van der Waals surface area contributed by atoms with E-state index in [0.29, 0.717) is 23.1 Å². The van der Waals surface area contributed by atoms with Crippen molar-refractivity contribution in [1.29, 1.82) is 0 Å². The lowest BCUT2D eigenvalue weighted by molar-refractivity contribution is -0.116. The van der Waals surface area contributed by atoms with E-state index in [1.807, 2.05) is 44.2 Å². The average Bonchev–Trinajstić information content (AvgIpc) is 3.19. The topological polar surface area (TPSA) is 81.2 Å². The summed E-state index contributed by atoms with van der Waals surface area (Å²) in [4.78, 5) is 13.1. The standard InChI is InChI=1S/C18H18ClN3O3S/c1-11-10-15(12(2)24-11)17-21-22-18(25-17)20-16(23)4-3-9-26-14-7-5-13(19)6-8-14/h5-8,10H,3-4,9H2,1-2H3,(H,20,22,23). The molecular weight excluding hydrogens is 374 g/mol. The second-order valence-corrected chi connectivity index (χ2v) is 7.30. The highest BCUT2D eigenvalue weighted by Gasteiger charge is 2.15. The number of carbonyl (C=O) groups excluding carboxylic acids is 1. The van der Waals surface area contributed by atoms with Crippen LogP contribution in [0.25, 0.3) is 11.5 Å². The summed E-state index contributed by atoms with van der Waals surface area (Å²) in [5.41, 5.74) is 0.731. The third kappa shape index (κ3) is 4.89. The number of aryl methyl sites for hydroxylation is 2. The second kappa shape index (κ2) is 8.42. The molecule has 0 atom stereocenters. The number of anilines is 1. The smallest absolute Gasteiger partial charge is 0.322 e. The van der Waals surface area contributed by atoms with Gasteiger partial charge < -0.3 is 8.83 Å². The van der Waals surface area contributed by atoms with Gasteiger partial charge in [0.2, 0.25) is 5.91 Å². The molecule has 0 bridgehead atoms. The molecule has 6 nitrogen and oxygen atoms in total. The molecule has 0 radical (unpaired) electrons. The van der Waals surface area contributed by atoms with Crippen LogP contribution >= 0.6 is 23.4 Å². The second-order valence-electron chi connectivity index (χ2n) is 5.69. The summed E-state index contributed by atoms with van der Waals surface area (Å²) < 4.78 is 10.9. The van der Waals surface area contributed by atoms with Gasteiger partial charge in [-0.2, -0.15) is 0 Å². The highest BCUT2D eigenvalue weighted by Crippen LogP contribution is 2.26. The first-order chi connectivity index (χ1) is 12.5. The fraction of sp³-hybridized carbons (Fsp3) is 0.278. The number of thioether (sulfide) groups is 1. The Labute approximate surface area is 160 Å². The Kier molecular flexibility index (Phi) is 6.00. The maximum Gasteiger partial charge on any atom is 0.322 e. The largest absolute Gasteiger partial charge is 0.466 e. The van der Waals surface area contributed by atoms with Gasteiger partial charge in [-0.1, -0.05) is 16.7 Å². The maximum atomic E-state index is 12.0. The molecule has 1 N–H and O–H groups in total. The van der Waals surface area contributed by atoms with Crippen LogP contribution in [0.1, 0.15) is 24.4 Å². The summed E-state index contributed by atoms with van der Waals surface area (Å²) in [6.07, 6.45) is 1.11. The van der Waals surface area contributed by atoms with Crippen LogP contribution in [0, 0.1) is 13.8 Å². The van der Waals surface area contributed by atoms with E-state index in [0.717, 1.165) is 28.4 Å². The Bertz CT molecular complexity index is 889. The summed E-state index contributed by atoms with van der Waals surface area (Å²) in [6.45, 7) is 3.67. The van der Waals surface area contributed by atoms with Gasteiger partial charge in [0.05, 0.1) is 5.56 Å². The zero-order valence-corrected chi connectivity index (χ0v) is 16.0. The van der Waals surface area contributed by atoms with Crippen LogP contribution in [0.2, 0.25) is 5.02 Å². The van der Waals surface area contributed by atoms with Crippen molar-refractivity contribution in [3.8, 4) is 11.5 Å². The number of nitrogens with one attached hydrogen (secondary N) is 1. The first kappa shape index (κ1) is 18.5. The highest BCUT2D eigenvalue weighted by molar-refractivity contribution is 7.99. The summed E-state index contributed by atoms with van der Waals surface area (Å²) in [7, 11) is 0. The number of rotatable bonds is 7. The third-order valence-corrected chi connectivity index (χ3v) is 4.92. The summed E-state index contributed by atoms with van der Waals surface area (Å²) in [6, 6.07) is 9.55. The quantitative estimate of drug-likeness (QED) is 0.445. The van der Waals surface area contributed by atoms with Crippen LogP contribution in [-0.4, -0.2) is 21.9 Å². The van der Waals surface area contributed by atoms with Gasteiger partial charge in [0.15, 0.2) is 0 Å². The third-order valence-electron chi connectivity index (χ3n) is 3.57. The number of furan rings is 1. The van der Waals surface area contributed by atoms with Gasteiger partial charge >= 0.3 is 6.01 Å². The van der Waals surface area contributed by atoms with Gasteiger partial charge in [0.1, 0.15) is 11.5 Å². The number of benzene rings is 1. The van der Waals surface area contributed by atoms with Crippen molar-refractivity contribution < 1.29 is 13.6 Å². The van der Waals surface area contributed by atoms with Crippen LogP contribution in [0.3, 0.4) is 0 Å². The molecule has 0 aliphatic heterocycles. The lowest BCUT2D eigenvalue weighted by atomic mass is 10.2. The normalized spacial score (nSPS) is 10.9. The van der Waals surface area contributed by atoms with Crippen molar-refractivity contribution in [2.45, 2.75) is 31.6 Å². The van der Waals surface area contributed by atoms with E-state index in [1.54, 1.807) is 11.8 Å². The molecule has 1 amide bonds. The Morgan fingerprint density at radius 2 is 1.96 bits per heavy atom. The van der Waals surface area contributed by atoms with Gasteiger partial charge in [0, 0.05) is 16.3 Å². The molecule has 1 aromatic carbocycles. The minimum atomic E-state index is -0.156. The Morgan fingerprint density at radius 3 is 2.65 bits per heavy atom. The molecule has 0 saturated carbocycles. The highest BCUT2D eigenvalue weighted by atomic mass is 35.5. The van der Waals surface area contributed by atoms with E-state index in [4.69, 9.17) is 20.4 Å². The summed E-state index contributed by atoms with van der Waals surface area (Å²) in [5, 5.41) is 11.2. The molecular formula is C18H18ClN3O3S. The van der Waals surface area contributed by atoms with Crippen LogP contribution in [0.5, 0.6) is 0 Å². The zero-order chi connectivity index (χ0) is 18.5. The molecule has 0 spiro atoms. The molecule has 26 heavy (non-hydrogen) atoms. The molecule has 0 saturated heterocycles. The average molecular weight is 392 g/mol. The number of aromatic nitrogens is 2. The van der Waals surface area contributed by atoms with E-state index in [2.05, 4.69) is 15.5 Å². The zero-order valence-electron chi connectivity index (χ0n) is 14.4. The number of carbonyl (C=O) groups is 1. The van der Waals surface area contributed by atoms with E-state index in [-0.39, 0.29) is 11.9 Å². The molecule has 3 aromatic rings. The lowest BCUT2D eigenvalue weighted by Crippen LogP contribution is -2.11. The van der Waals surface area contributed by atoms with Crippen LogP contribution in [-0.2, 0) is 4.79 Å². The molecule has 2 aromatic heterocycles. The molecule has 8 heteroatoms. The van der Waals surface area contributed by atoms with Crippen molar-refractivity contribution in [2.24, 2.45) is 0 Å². The number of nitrogens with zero attached hydrogens (tertiary/aromatic N) is 2.